The molecule has 1 saturated heterocycles. The SMILES string of the molecule is COc1ccc(C(C#N)NCC2CCCO2)cc1C. The monoisotopic (exact) mass is 260 g/mol. The molecule has 1 aromatic carbocycles. The van der Waals surface area contributed by atoms with Gasteiger partial charge in [0.2, 0.25) is 0 Å². The number of methoxy groups -OCH3 is 1. The molecule has 1 aromatic rings. The molecule has 2 atom stereocenters. The van der Waals surface area contributed by atoms with Crippen molar-refractivity contribution in [3.05, 3.63) is 29.3 Å². The minimum Gasteiger partial charge on any atom is -0.496 e. The predicted molar refractivity (Wildman–Crippen MR) is 73.1 cm³/mol. The van der Waals surface area contributed by atoms with Crippen molar-refractivity contribution in [1.82, 2.24) is 5.32 Å². The summed E-state index contributed by atoms with van der Waals surface area (Å²) < 4.78 is 10.8. The highest BCUT2D eigenvalue weighted by molar-refractivity contribution is 5.38. The fourth-order valence-corrected chi connectivity index (χ4v) is 2.37. The molecule has 1 N–H and O–H groups in total. The van der Waals surface area contributed by atoms with Gasteiger partial charge < -0.3 is 9.47 Å². The third kappa shape index (κ3) is 3.46. The van der Waals surface area contributed by atoms with Crippen LogP contribution in [0.2, 0.25) is 0 Å². The molecule has 19 heavy (non-hydrogen) atoms. The maximum atomic E-state index is 9.29. The van der Waals surface area contributed by atoms with Gasteiger partial charge in [-0.1, -0.05) is 6.07 Å². The highest BCUT2D eigenvalue weighted by Crippen LogP contribution is 2.22. The number of rotatable bonds is 5. The van der Waals surface area contributed by atoms with E-state index in [0.29, 0.717) is 0 Å². The predicted octanol–water partition coefficient (Wildman–Crippen LogP) is 2.34. The molecule has 0 aliphatic carbocycles. The molecule has 0 spiro atoms. The summed E-state index contributed by atoms with van der Waals surface area (Å²) in [6.07, 6.45) is 2.44. The molecule has 0 saturated carbocycles. The zero-order valence-corrected chi connectivity index (χ0v) is 11.5. The van der Waals surface area contributed by atoms with Gasteiger partial charge in [0.05, 0.1) is 19.3 Å². The number of hydrogen-bond donors (Lipinski definition) is 1. The van der Waals surface area contributed by atoms with Crippen molar-refractivity contribution in [2.24, 2.45) is 0 Å². The van der Waals surface area contributed by atoms with E-state index in [9.17, 15) is 5.26 Å². The van der Waals surface area contributed by atoms with E-state index in [-0.39, 0.29) is 12.1 Å². The van der Waals surface area contributed by atoms with Crippen LogP contribution in [-0.2, 0) is 4.74 Å². The molecular formula is C15H20N2O2. The summed E-state index contributed by atoms with van der Waals surface area (Å²) in [5, 5.41) is 12.6. The third-order valence-electron chi connectivity index (χ3n) is 3.45. The highest BCUT2D eigenvalue weighted by atomic mass is 16.5. The summed E-state index contributed by atoms with van der Waals surface area (Å²) in [5.41, 5.74) is 2.01. The van der Waals surface area contributed by atoms with Crippen LogP contribution < -0.4 is 10.1 Å². The van der Waals surface area contributed by atoms with Gasteiger partial charge in [-0.05, 0) is 43.0 Å². The van der Waals surface area contributed by atoms with E-state index in [0.717, 1.165) is 42.9 Å². The van der Waals surface area contributed by atoms with Crippen LogP contribution >= 0.6 is 0 Å². The maximum Gasteiger partial charge on any atom is 0.121 e. The lowest BCUT2D eigenvalue weighted by molar-refractivity contribution is 0.109. The number of aryl methyl sites for hydroxylation is 1. The van der Waals surface area contributed by atoms with Crippen LogP contribution in [0.5, 0.6) is 5.75 Å². The van der Waals surface area contributed by atoms with E-state index in [4.69, 9.17) is 9.47 Å². The first-order valence-corrected chi connectivity index (χ1v) is 6.63. The minimum absolute atomic E-state index is 0.246. The zero-order valence-electron chi connectivity index (χ0n) is 11.5. The normalized spacial score (nSPS) is 19.9. The number of hydrogen-bond acceptors (Lipinski definition) is 4. The fourth-order valence-electron chi connectivity index (χ4n) is 2.37. The van der Waals surface area contributed by atoms with Gasteiger partial charge in [0, 0.05) is 13.2 Å². The molecule has 102 valence electrons. The first-order valence-electron chi connectivity index (χ1n) is 6.63. The quantitative estimate of drug-likeness (QED) is 0.883. The number of ether oxygens (including phenoxy) is 2. The van der Waals surface area contributed by atoms with Crippen LogP contribution in [0, 0.1) is 18.3 Å². The fraction of sp³-hybridized carbons (Fsp3) is 0.533. The van der Waals surface area contributed by atoms with Crippen molar-refractivity contribution < 1.29 is 9.47 Å². The van der Waals surface area contributed by atoms with E-state index in [2.05, 4.69) is 11.4 Å². The number of nitrogens with zero attached hydrogens (tertiary/aromatic N) is 1. The largest absolute Gasteiger partial charge is 0.496 e. The Hall–Kier alpha value is -1.57. The Kier molecular flexibility index (Phi) is 4.78. The van der Waals surface area contributed by atoms with E-state index in [1.165, 1.54) is 0 Å². The van der Waals surface area contributed by atoms with Crippen LogP contribution in [0.15, 0.2) is 18.2 Å². The summed E-state index contributed by atoms with van der Waals surface area (Å²) in [6, 6.07) is 7.84. The second-order valence-corrected chi connectivity index (χ2v) is 4.83. The van der Waals surface area contributed by atoms with Gasteiger partial charge >= 0.3 is 0 Å². The van der Waals surface area contributed by atoms with Crippen molar-refractivity contribution in [3.8, 4) is 11.8 Å². The lowest BCUT2D eigenvalue weighted by Crippen LogP contribution is -2.29. The molecule has 4 heteroatoms. The van der Waals surface area contributed by atoms with Crippen LogP contribution in [0.1, 0.15) is 30.0 Å². The van der Waals surface area contributed by atoms with Crippen LogP contribution in [0.4, 0.5) is 0 Å². The molecule has 1 aliphatic rings. The average molecular weight is 260 g/mol. The van der Waals surface area contributed by atoms with Crippen molar-refractivity contribution in [1.29, 1.82) is 5.26 Å². The summed E-state index contributed by atoms with van der Waals surface area (Å²) in [5.74, 6) is 0.847. The Labute approximate surface area is 114 Å². The standard InChI is InChI=1S/C15H20N2O2/c1-11-8-12(5-6-15(11)18-2)14(9-16)17-10-13-4-3-7-19-13/h5-6,8,13-14,17H,3-4,7,10H2,1-2H3. The van der Waals surface area contributed by atoms with Crippen molar-refractivity contribution in [3.63, 3.8) is 0 Å². The van der Waals surface area contributed by atoms with Crippen LogP contribution in [0.3, 0.4) is 0 Å². The second kappa shape index (κ2) is 6.55. The lowest BCUT2D eigenvalue weighted by Gasteiger charge is -2.16. The summed E-state index contributed by atoms with van der Waals surface area (Å²) >= 11 is 0. The Morgan fingerprint density at radius 1 is 1.58 bits per heavy atom. The van der Waals surface area contributed by atoms with Gasteiger partial charge in [-0.3, -0.25) is 5.32 Å². The van der Waals surface area contributed by atoms with Crippen LogP contribution in [0.25, 0.3) is 0 Å². The van der Waals surface area contributed by atoms with Crippen LogP contribution in [-0.4, -0.2) is 26.4 Å². The van der Waals surface area contributed by atoms with E-state index >= 15 is 0 Å². The first-order chi connectivity index (χ1) is 9.24. The van der Waals surface area contributed by atoms with E-state index < -0.39 is 0 Å². The van der Waals surface area contributed by atoms with Crippen molar-refractivity contribution >= 4 is 0 Å². The molecule has 2 unspecified atom stereocenters. The Bertz CT molecular complexity index is 462. The van der Waals surface area contributed by atoms with Gasteiger partial charge in [0.25, 0.3) is 0 Å². The first kappa shape index (κ1) is 13.9. The highest BCUT2D eigenvalue weighted by Gasteiger charge is 2.18. The lowest BCUT2D eigenvalue weighted by atomic mass is 10.0. The van der Waals surface area contributed by atoms with Gasteiger partial charge in [-0.15, -0.1) is 0 Å². The van der Waals surface area contributed by atoms with Gasteiger partial charge in [0.1, 0.15) is 11.8 Å². The molecule has 1 fully saturated rings. The summed E-state index contributed by atoms with van der Waals surface area (Å²) in [4.78, 5) is 0. The zero-order chi connectivity index (χ0) is 13.7. The molecular weight excluding hydrogens is 240 g/mol. The molecule has 0 radical (unpaired) electrons. The van der Waals surface area contributed by atoms with E-state index in [1.54, 1.807) is 7.11 Å². The van der Waals surface area contributed by atoms with Crippen molar-refractivity contribution in [2.45, 2.75) is 31.9 Å². The molecule has 1 heterocycles. The molecule has 1 aliphatic heterocycles. The number of nitriles is 1. The van der Waals surface area contributed by atoms with Gasteiger partial charge in [-0.2, -0.15) is 5.26 Å². The molecule has 2 rings (SSSR count). The average Bonchev–Trinajstić information content (AvgIpc) is 2.93. The minimum atomic E-state index is -0.297. The number of nitrogens with one attached hydrogen (secondary N) is 1. The summed E-state index contributed by atoms with van der Waals surface area (Å²) in [6.45, 7) is 3.55. The Balaban J connectivity index is 2.00. The van der Waals surface area contributed by atoms with Crippen molar-refractivity contribution in [2.75, 3.05) is 20.3 Å². The van der Waals surface area contributed by atoms with E-state index in [1.807, 2.05) is 25.1 Å². The molecule has 4 nitrogen and oxygen atoms in total. The van der Waals surface area contributed by atoms with Gasteiger partial charge in [-0.25, -0.2) is 0 Å². The molecule has 0 bridgehead atoms. The number of benzene rings is 1. The molecule has 0 aromatic heterocycles. The molecule has 0 amide bonds. The summed E-state index contributed by atoms with van der Waals surface area (Å²) in [7, 11) is 1.65. The maximum absolute atomic E-state index is 9.29. The topological polar surface area (TPSA) is 54.3 Å². The Morgan fingerprint density at radius 2 is 2.42 bits per heavy atom. The Morgan fingerprint density at radius 3 is 3.00 bits per heavy atom. The second-order valence-electron chi connectivity index (χ2n) is 4.83. The smallest absolute Gasteiger partial charge is 0.121 e. The van der Waals surface area contributed by atoms with Gasteiger partial charge in [0.15, 0.2) is 0 Å². The third-order valence-corrected chi connectivity index (χ3v) is 3.45.